The first-order valence-electron chi connectivity index (χ1n) is 9.89. The Labute approximate surface area is 188 Å². The number of carbonyl (C=O) groups excluding carboxylic acids is 1. The number of pyridine rings is 1. The van der Waals surface area contributed by atoms with E-state index in [0.29, 0.717) is 22.9 Å². The van der Waals surface area contributed by atoms with Crippen LogP contribution in [-0.4, -0.2) is 45.2 Å². The van der Waals surface area contributed by atoms with Crippen molar-refractivity contribution in [1.29, 1.82) is 0 Å². The first-order valence-corrected chi connectivity index (χ1v) is 11.7. The molecule has 0 aliphatic heterocycles. The number of rotatable bonds is 9. The molecule has 0 aliphatic carbocycles. The van der Waals surface area contributed by atoms with Crippen molar-refractivity contribution < 1.29 is 17.9 Å². The van der Waals surface area contributed by atoms with Crippen molar-refractivity contribution in [3.8, 4) is 11.5 Å². The molecular formula is C23H26N4O4S. The first kappa shape index (κ1) is 23.1. The number of aryl methyl sites for hydroxylation is 1. The number of anilines is 2. The van der Waals surface area contributed by atoms with E-state index in [1.54, 1.807) is 60.7 Å². The van der Waals surface area contributed by atoms with E-state index in [1.807, 2.05) is 31.2 Å². The van der Waals surface area contributed by atoms with E-state index in [-0.39, 0.29) is 6.54 Å². The largest absolute Gasteiger partial charge is 0.457 e. The minimum atomic E-state index is -3.70. The lowest BCUT2D eigenvalue weighted by molar-refractivity contribution is -0.119. The Morgan fingerprint density at radius 2 is 1.62 bits per heavy atom. The molecule has 168 valence electrons. The summed E-state index contributed by atoms with van der Waals surface area (Å²) in [4.78, 5) is 17.9. The van der Waals surface area contributed by atoms with Crippen molar-refractivity contribution in [2.24, 2.45) is 5.73 Å². The highest BCUT2D eigenvalue weighted by molar-refractivity contribution is 7.92. The monoisotopic (exact) mass is 454 g/mol. The molecule has 0 unspecified atom stereocenters. The molecule has 0 bridgehead atoms. The van der Waals surface area contributed by atoms with Crippen LogP contribution in [0.2, 0.25) is 0 Å². The van der Waals surface area contributed by atoms with Crippen molar-refractivity contribution in [2.45, 2.75) is 13.0 Å². The maximum atomic E-state index is 12.6. The molecule has 0 aliphatic rings. The lowest BCUT2D eigenvalue weighted by Gasteiger charge is -2.32. The summed E-state index contributed by atoms with van der Waals surface area (Å²) in [6.07, 6.45) is 4.28. The second-order valence-corrected chi connectivity index (χ2v) is 9.35. The van der Waals surface area contributed by atoms with Crippen LogP contribution < -0.4 is 19.7 Å². The van der Waals surface area contributed by atoms with Crippen LogP contribution in [0.1, 0.15) is 5.56 Å². The van der Waals surface area contributed by atoms with Gasteiger partial charge >= 0.3 is 0 Å². The standard InChI is InChI=1S/C23H26N4O4S/c1-17-6-10-20(11-7-17)31-21-12-8-18(9-13-21)27(32(3,29)30)16-22(23(24)28)26(2)19-5-4-14-25-15-19/h4-15,22H,16H2,1-3H3,(H2,24,28)/t22-/m0/s1. The highest BCUT2D eigenvalue weighted by Crippen LogP contribution is 2.27. The lowest BCUT2D eigenvalue weighted by Crippen LogP contribution is -2.51. The molecule has 0 saturated heterocycles. The third-order valence-corrected chi connectivity index (χ3v) is 6.13. The number of hydrogen-bond acceptors (Lipinski definition) is 6. The van der Waals surface area contributed by atoms with Gasteiger partial charge in [0.1, 0.15) is 17.5 Å². The van der Waals surface area contributed by atoms with E-state index in [2.05, 4.69) is 4.98 Å². The number of aromatic nitrogens is 1. The van der Waals surface area contributed by atoms with E-state index in [0.717, 1.165) is 16.1 Å². The number of nitrogens with zero attached hydrogens (tertiary/aromatic N) is 3. The van der Waals surface area contributed by atoms with Crippen LogP contribution in [0.25, 0.3) is 0 Å². The molecule has 32 heavy (non-hydrogen) atoms. The lowest BCUT2D eigenvalue weighted by atomic mass is 10.2. The van der Waals surface area contributed by atoms with Gasteiger partial charge in [-0.15, -0.1) is 0 Å². The number of amides is 1. The zero-order chi connectivity index (χ0) is 23.3. The third-order valence-electron chi connectivity index (χ3n) is 4.97. The zero-order valence-electron chi connectivity index (χ0n) is 18.2. The minimum absolute atomic E-state index is 0.155. The molecule has 8 nitrogen and oxygen atoms in total. The molecule has 1 heterocycles. The van der Waals surface area contributed by atoms with Crippen LogP contribution in [0.5, 0.6) is 11.5 Å². The number of likely N-dealkylation sites (N-methyl/N-ethyl adjacent to an activating group) is 1. The SMILES string of the molecule is Cc1ccc(Oc2ccc(N(C[C@@H](C(N)=O)N(C)c3cccnc3)S(C)(=O)=O)cc2)cc1. The van der Waals surface area contributed by atoms with E-state index >= 15 is 0 Å². The zero-order valence-corrected chi connectivity index (χ0v) is 19.0. The maximum absolute atomic E-state index is 12.6. The molecule has 3 aromatic rings. The Morgan fingerprint density at radius 1 is 1.03 bits per heavy atom. The molecule has 1 aromatic heterocycles. The molecule has 2 aromatic carbocycles. The summed E-state index contributed by atoms with van der Waals surface area (Å²) in [6, 6.07) is 16.8. The second kappa shape index (κ2) is 9.69. The second-order valence-electron chi connectivity index (χ2n) is 7.44. The predicted molar refractivity (Wildman–Crippen MR) is 126 cm³/mol. The Morgan fingerprint density at radius 3 is 2.12 bits per heavy atom. The third kappa shape index (κ3) is 5.76. The van der Waals surface area contributed by atoms with Crippen LogP contribution in [0.4, 0.5) is 11.4 Å². The Balaban J connectivity index is 1.84. The van der Waals surface area contributed by atoms with Gasteiger partial charge in [-0.1, -0.05) is 17.7 Å². The molecule has 1 amide bonds. The predicted octanol–water partition coefficient (Wildman–Crippen LogP) is 2.94. The summed E-state index contributed by atoms with van der Waals surface area (Å²) < 4.78 is 32.1. The summed E-state index contributed by atoms with van der Waals surface area (Å²) in [6.45, 7) is 1.83. The van der Waals surface area contributed by atoms with Gasteiger partial charge in [-0.2, -0.15) is 0 Å². The van der Waals surface area contributed by atoms with Crippen LogP contribution in [-0.2, 0) is 14.8 Å². The van der Waals surface area contributed by atoms with Gasteiger partial charge in [0.25, 0.3) is 0 Å². The van der Waals surface area contributed by atoms with E-state index < -0.39 is 22.0 Å². The average molecular weight is 455 g/mol. The topological polar surface area (TPSA) is 106 Å². The molecule has 1 atom stereocenters. The number of nitrogens with two attached hydrogens (primary N) is 1. The van der Waals surface area contributed by atoms with Gasteiger partial charge in [0, 0.05) is 13.2 Å². The molecule has 0 radical (unpaired) electrons. The smallest absolute Gasteiger partial charge is 0.242 e. The normalized spacial score (nSPS) is 12.1. The fourth-order valence-electron chi connectivity index (χ4n) is 3.16. The highest BCUT2D eigenvalue weighted by Gasteiger charge is 2.29. The van der Waals surface area contributed by atoms with Gasteiger partial charge in [-0.3, -0.25) is 14.1 Å². The Hall–Kier alpha value is -3.59. The van der Waals surface area contributed by atoms with Crippen LogP contribution >= 0.6 is 0 Å². The van der Waals surface area contributed by atoms with E-state index in [9.17, 15) is 13.2 Å². The number of benzene rings is 2. The van der Waals surface area contributed by atoms with E-state index in [4.69, 9.17) is 10.5 Å². The van der Waals surface area contributed by atoms with E-state index in [1.165, 1.54) is 0 Å². The molecule has 0 spiro atoms. The summed E-state index contributed by atoms with van der Waals surface area (Å²) in [7, 11) is -2.02. The summed E-state index contributed by atoms with van der Waals surface area (Å²) in [5, 5.41) is 0. The fourth-order valence-corrected chi connectivity index (χ4v) is 4.07. The summed E-state index contributed by atoms with van der Waals surface area (Å²) >= 11 is 0. The molecular weight excluding hydrogens is 428 g/mol. The van der Waals surface area contributed by atoms with Gasteiger partial charge in [0.05, 0.1) is 30.4 Å². The van der Waals surface area contributed by atoms with Crippen molar-refractivity contribution in [1.82, 2.24) is 4.98 Å². The number of sulfonamides is 1. The quantitative estimate of drug-likeness (QED) is 0.533. The van der Waals surface area contributed by atoms with Gasteiger partial charge < -0.3 is 15.4 Å². The molecule has 2 N–H and O–H groups in total. The fraction of sp³-hybridized carbons (Fsp3) is 0.217. The number of carbonyl (C=O) groups is 1. The minimum Gasteiger partial charge on any atom is -0.457 e. The van der Waals surface area contributed by atoms with Crippen molar-refractivity contribution in [3.63, 3.8) is 0 Å². The van der Waals surface area contributed by atoms with Crippen molar-refractivity contribution >= 4 is 27.3 Å². The molecule has 0 saturated carbocycles. The number of ether oxygens (including phenoxy) is 1. The first-order chi connectivity index (χ1) is 15.1. The molecule has 0 fully saturated rings. The van der Waals surface area contributed by atoms with Gasteiger partial charge in [0.2, 0.25) is 15.9 Å². The Bertz CT molecular complexity index is 1150. The number of hydrogen-bond donors (Lipinski definition) is 1. The van der Waals surface area contributed by atoms with Gasteiger partial charge in [-0.25, -0.2) is 8.42 Å². The van der Waals surface area contributed by atoms with Crippen molar-refractivity contribution in [3.05, 3.63) is 78.6 Å². The summed E-state index contributed by atoms with van der Waals surface area (Å²) in [5.74, 6) is 0.588. The van der Waals surface area contributed by atoms with Crippen LogP contribution in [0, 0.1) is 6.92 Å². The Kier molecular flexibility index (Phi) is 6.99. The van der Waals surface area contributed by atoms with Gasteiger partial charge in [0.15, 0.2) is 0 Å². The average Bonchev–Trinajstić information content (AvgIpc) is 2.76. The van der Waals surface area contributed by atoms with Crippen LogP contribution in [0.3, 0.4) is 0 Å². The van der Waals surface area contributed by atoms with Gasteiger partial charge in [-0.05, 0) is 55.5 Å². The van der Waals surface area contributed by atoms with Crippen LogP contribution in [0.15, 0.2) is 73.1 Å². The number of primary amides is 1. The molecule has 9 heteroatoms. The molecule has 3 rings (SSSR count). The van der Waals surface area contributed by atoms with Crippen molar-refractivity contribution in [2.75, 3.05) is 29.1 Å². The maximum Gasteiger partial charge on any atom is 0.242 e. The highest BCUT2D eigenvalue weighted by atomic mass is 32.2. The summed E-state index contributed by atoms with van der Waals surface area (Å²) in [5.41, 5.74) is 7.79.